The number of H-pyrrole nitrogens is 1. The van der Waals surface area contributed by atoms with Gasteiger partial charge in [0.25, 0.3) is 5.91 Å². The van der Waals surface area contributed by atoms with Crippen LogP contribution in [0, 0.1) is 5.82 Å². The summed E-state index contributed by atoms with van der Waals surface area (Å²) in [5.74, 6) is 0.392. The number of hydrogen-bond acceptors (Lipinski definition) is 4. The molecule has 1 fully saturated rings. The van der Waals surface area contributed by atoms with Gasteiger partial charge in [-0.3, -0.25) is 9.69 Å². The lowest BCUT2D eigenvalue weighted by molar-refractivity contribution is -0.120. The minimum atomic E-state index is -0.561. The van der Waals surface area contributed by atoms with E-state index >= 15 is 0 Å². The molecule has 4 aromatic rings. The van der Waals surface area contributed by atoms with Crippen molar-refractivity contribution in [1.29, 1.82) is 0 Å². The number of thiocarbonyl (C=S) groups is 1. The number of anilines is 1. The molecule has 36 heavy (non-hydrogen) atoms. The van der Waals surface area contributed by atoms with Crippen LogP contribution in [-0.4, -0.2) is 41.2 Å². The van der Waals surface area contributed by atoms with Gasteiger partial charge in [-0.2, -0.15) is 0 Å². The molecule has 3 aromatic carbocycles. The van der Waals surface area contributed by atoms with Crippen LogP contribution in [0.2, 0.25) is 5.02 Å². The summed E-state index contributed by atoms with van der Waals surface area (Å²) in [6, 6.07) is 16.9. The average molecular weight is 522 g/mol. The Labute approximate surface area is 217 Å². The van der Waals surface area contributed by atoms with Gasteiger partial charge >= 0.3 is 0 Å². The normalized spacial score (nSPS) is 19.0. The topological polar surface area (TPSA) is 57.8 Å². The number of carbonyl (C=O) groups is 1. The highest BCUT2D eigenvalue weighted by atomic mass is 35.5. The van der Waals surface area contributed by atoms with Crippen molar-refractivity contribution >= 4 is 51.4 Å². The Balaban J connectivity index is 1.58. The highest BCUT2D eigenvalue weighted by Crippen LogP contribution is 2.48. The van der Waals surface area contributed by atoms with Crippen LogP contribution in [0.5, 0.6) is 11.5 Å². The number of benzene rings is 3. The molecule has 3 heterocycles. The molecule has 1 aromatic heterocycles. The van der Waals surface area contributed by atoms with E-state index in [2.05, 4.69) is 11.1 Å². The number of fused-ring (bicyclic) bond motifs is 4. The predicted octanol–water partition coefficient (Wildman–Crippen LogP) is 5.63. The second-order valence-electron chi connectivity index (χ2n) is 8.73. The fraction of sp³-hybridized carbons (Fsp3) is 0.185. The molecule has 2 aliphatic heterocycles. The van der Waals surface area contributed by atoms with Crippen LogP contribution in [-0.2, 0) is 11.2 Å². The molecule has 2 atom stereocenters. The van der Waals surface area contributed by atoms with Gasteiger partial charge in [0.15, 0.2) is 16.6 Å². The van der Waals surface area contributed by atoms with Gasteiger partial charge in [0, 0.05) is 28.6 Å². The maximum Gasteiger partial charge on any atom is 0.256 e. The number of ether oxygens (including phenoxy) is 2. The van der Waals surface area contributed by atoms with Gasteiger partial charge in [0.2, 0.25) is 0 Å². The van der Waals surface area contributed by atoms with Gasteiger partial charge in [-0.05, 0) is 48.1 Å². The van der Waals surface area contributed by atoms with Crippen LogP contribution < -0.4 is 14.4 Å². The van der Waals surface area contributed by atoms with E-state index in [-0.39, 0.29) is 10.9 Å². The fourth-order valence-electron chi connectivity index (χ4n) is 5.39. The zero-order chi connectivity index (χ0) is 25.1. The standard InChI is InChI=1S/C27H21ClFN3O3S/c1-34-22-9-5-7-16(25(22)35-2)24-23-17(15-6-3-4-8-20(15)30-23)13-21-26(33)31(27(36)32(21)24)14-10-11-19(29)18(28)12-14/h3-12,21,24,30H,13H2,1-2H3/t21-,24+/m1/s1. The summed E-state index contributed by atoms with van der Waals surface area (Å²) in [6.07, 6.45) is 0.465. The first kappa shape index (κ1) is 22.8. The molecule has 0 spiro atoms. The van der Waals surface area contributed by atoms with Crippen molar-refractivity contribution in [3.8, 4) is 11.5 Å². The minimum absolute atomic E-state index is 0.0739. The van der Waals surface area contributed by atoms with Crippen LogP contribution in [0.3, 0.4) is 0 Å². The molecule has 9 heteroatoms. The summed E-state index contributed by atoms with van der Waals surface area (Å²) in [7, 11) is 3.18. The van der Waals surface area contributed by atoms with E-state index in [1.807, 2.05) is 41.3 Å². The molecular formula is C27H21ClFN3O3S. The Morgan fingerprint density at radius 3 is 2.64 bits per heavy atom. The third-order valence-electron chi connectivity index (χ3n) is 6.94. The summed E-state index contributed by atoms with van der Waals surface area (Å²) in [5, 5.41) is 1.29. The number of hydrogen-bond donors (Lipinski definition) is 1. The Kier molecular flexibility index (Phi) is 5.39. The quantitative estimate of drug-likeness (QED) is 0.353. The first-order valence-corrected chi connectivity index (χ1v) is 12.1. The second kappa shape index (κ2) is 8.50. The number of carbonyl (C=O) groups excluding carboxylic acids is 1. The van der Waals surface area contributed by atoms with Crippen molar-refractivity contribution in [2.45, 2.75) is 18.5 Å². The summed E-state index contributed by atoms with van der Waals surface area (Å²) in [5.41, 5.74) is 4.21. The zero-order valence-electron chi connectivity index (χ0n) is 19.4. The van der Waals surface area contributed by atoms with Gasteiger partial charge in [-0.15, -0.1) is 0 Å². The van der Waals surface area contributed by atoms with E-state index in [0.717, 1.165) is 27.7 Å². The second-order valence-corrected chi connectivity index (χ2v) is 9.50. The Bertz CT molecular complexity index is 1550. The molecule has 0 saturated carbocycles. The van der Waals surface area contributed by atoms with Gasteiger partial charge in [0.05, 0.1) is 24.9 Å². The first-order chi connectivity index (χ1) is 17.4. The Morgan fingerprint density at radius 1 is 1.08 bits per heavy atom. The predicted molar refractivity (Wildman–Crippen MR) is 141 cm³/mol. The van der Waals surface area contributed by atoms with Crippen LogP contribution in [0.4, 0.5) is 10.1 Å². The van der Waals surface area contributed by atoms with Crippen molar-refractivity contribution in [1.82, 2.24) is 9.88 Å². The number of aromatic amines is 1. The lowest BCUT2D eigenvalue weighted by Gasteiger charge is -2.38. The molecule has 6 nitrogen and oxygen atoms in total. The molecule has 0 radical (unpaired) electrons. The van der Waals surface area contributed by atoms with E-state index in [1.165, 1.54) is 23.1 Å². The summed E-state index contributed by atoms with van der Waals surface area (Å²) in [4.78, 5) is 20.8. The van der Waals surface area contributed by atoms with Crippen molar-refractivity contribution in [2.75, 3.05) is 19.1 Å². The SMILES string of the molecule is COc1cccc([C@H]2c3[nH]c4ccccc4c3C[C@@H]3C(=O)N(c4ccc(F)c(Cl)c4)C(=S)N23)c1OC. The molecule has 0 aliphatic carbocycles. The molecular weight excluding hydrogens is 501 g/mol. The summed E-state index contributed by atoms with van der Waals surface area (Å²) in [6.45, 7) is 0. The molecule has 0 bridgehead atoms. The molecule has 1 N–H and O–H groups in total. The lowest BCUT2D eigenvalue weighted by Crippen LogP contribution is -2.44. The van der Waals surface area contributed by atoms with Gasteiger partial charge in [-0.1, -0.05) is 41.9 Å². The number of amides is 1. The van der Waals surface area contributed by atoms with E-state index in [9.17, 15) is 9.18 Å². The van der Waals surface area contributed by atoms with E-state index < -0.39 is 17.9 Å². The van der Waals surface area contributed by atoms with Gasteiger partial charge in [0.1, 0.15) is 17.9 Å². The van der Waals surface area contributed by atoms with E-state index in [0.29, 0.717) is 28.7 Å². The number of nitrogens with zero attached hydrogens (tertiary/aromatic N) is 2. The van der Waals surface area contributed by atoms with Crippen molar-refractivity contribution in [3.05, 3.63) is 88.3 Å². The smallest absolute Gasteiger partial charge is 0.256 e. The van der Waals surface area contributed by atoms with E-state index in [1.54, 1.807) is 14.2 Å². The third-order valence-corrected chi connectivity index (χ3v) is 7.62. The zero-order valence-corrected chi connectivity index (χ0v) is 21.0. The highest BCUT2D eigenvalue weighted by molar-refractivity contribution is 7.80. The van der Waals surface area contributed by atoms with Crippen LogP contribution in [0.15, 0.2) is 60.7 Å². The number of halogens is 2. The molecule has 6 rings (SSSR count). The minimum Gasteiger partial charge on any atom is -0.493 e. The molecule has 182 valence electrons. The van der Waals surface area contributed by atoms with Gasteiger partial charge in [-0.25, -0.2) is 4.39 Å². The van der Waals surface area contributed by atoms with Crippen molar-refractivity contribution < 1.29 is 18.7 Å². The third kappa shape index (κ3) is 3.21. The first-order valence-electron chi connectivity index (χ1n) is 11.4. The average Bonchev–Trinajstić information content (AvgIpc) is 3.38. The molecule has 2 aliphatic rings. The fourth-order valence-corrected chi connectivity index (χ4v) is 5.99. The van der Waals surface area contributed by atoms with Crippen LogP contribution >= 0.6 is 23.8 Å². The van der Waals surface area contributed by atoms with Crippen LogP contribution in [0.1, 0.15) is 22.9 Å². The molecule has 1 amide bonds. The lowest BCUT2D eigenvalue weighted by atomic mass is 9.88. The monoisotopic (exact) mass is 521 g/mol. The number of para-hydroxylation sites is 2. The maximum atomic E-state index is 13.9. The number of methoxy groups -OCH3 is 2. The van der Waals surface area contributed by atoms with Crippen molar-refractivity contribution in [2.24, 2.45) is 0 Å². The van der Waals surface area contributed by atoms with Crippen molar-refractivity contribution in [3.63, 3.8) is 0 Å². The van der Waals surface area contributed by atoms with Crippen LogP contribution in [0.25, 0.3) is 10.9 Å². The van der Waals surface area contributed by atoms with E-state index in [4.69, 9.17) is 33.3 Å². The largest absolute Gasteiger partial charge is 0.493 e. The van der Waals surface area contributed by atoms with Gasteiger partial charge < -0.3 is 19.4 Å². The summed E-state index contributed by atoms with van der Waals surface area (Å²) >= 11 is 12.0. The molecule has 1 saturated heterocycles. The Morgan fingerprint density at radius 2 is 1.89 bits per heavy atom. The maximum absolute atomic E-state index is 13.9. The number of nitrogens with one attached hydrogen (secondary N) is 1. The highest BCUT2D eigenvalue weighted by Gasteiger charge is 2.51. The molecule has 0 unspecified atom stereocenters. The number of aromatic nitrogens is 1. The summed E-state index contributed by atoms with van der Waals surface area (Å²) < 4.78 is 25.3. The Hall–Kier alpha value is -3.62. The number of rotatable bonds is 4.